The van der Waals surface area contributed by atoms with Crippen molar-refractivity contribution in [3.8, 4) is 0 Å². The number of ether oxygens (including phenoxy) is 2. The molecule has 0 aromatic heterocycles. The average molecular weight is 1080 g/mol. The molecule has 10 heteroatoms. The molecular formula is C66H116NO8P. The minimum absolute atomic E-state index is 0.0399. The van der Waals surface area contributed by atoms with E-state index in [0.29, 0.717) is 23.9 Å². The number of esters is 2. The summed E-state index contributed by atoms with van der Waals surface area (Å²) in [4.78, 5) is 37.8. The van der Waals surface area contributed by atoms with Crippen LogP contribution in [-0.2, 0) is 32.7 Å². The van der Waals surface area contributed by atoms with Crippen molar-refractivity contribution in [2.75, 3.05) is 47.5 Å². The summed E-state index contributed by atoms with van der Waals surface area (Å²) in [6.07, 6.45) is 77.8. The number of rotatable bonds is 56. The molecule has 0 aromatic rings. The zero-order chi connectivity index (χ0) is 55.6. The highest BCUT2D eigenvalue weighted by Crippen LogP contribution is 2.38. The van der Waals surface area contributed by atoms with Crippen LogP contribution in [-0.4, -0.2) is 70.0 Å². The van der Waals surface area contributed by atoms with E-state index < -0.39 is 32.5 Å². The number of phosphoric ester groups is 1. The number of carbonyl (C=O) groups excluding carboxylic acids is 2. The first kappa shape index (κ1) is 72.9. The van der Waals surface area contributed by atoms with Crippen LogP contribution in [0.5, 0.6) is 0 Å². The smallest absolute Gasteiger partial charge is 0.306 e. The summed E-state index contributed by atoms with van der Waals surface area (Å²) < 4.78 is 34.1. The zero-order valence-corrected chi connectivity index (χ0v) is 50.6. The normalized spacial score (nSPS) is 13.9. The second kappa shape index (κ2) is 56.6. The lowest BCUT2D eigenvalue weighted by Gasteiger charge is -2.28. The highest BCUT2D eigenvalue weighted by atomic mass is 31.2. The van der Waals surface area contributed by atoms with Crippen molar-refractivity contribution >= 4 is 19.8 Å². The zero-order valence-electron chi connectivity index (χ0n) is 49.7. The maximum Gasteiger partial charge on any atom is 0.306 e. The molecule has 0 fully saturated rings. The second-order valence-electron chi connectivity index (χ2n) is 21.7. The number of carbonyl (C=O) groups is 2. The fraction of sp³-hybridized carbons (Fsp3) is 0.727. The van der Waals surface area contributed by atoms with Crippen molar-refractivity contribution in [1.29, 1.82) is 0 Å². The van der Waals surface area contributed by atoms with Gasteiger partial charge in [0.05, 0.1) is 27.7 Å². The largest absolute Gasteiger partial charge is 0.756 e. The van der Waals surface area contributed by atoms with E-state index in [1.165, 1.54) is 135 Å². The van der Waals surface area contributed by atoms with Crippen LogP contribution in [0.15, 0.2) is 97.2 Å². The minimum atomic E-state index is -4.65. The molecule has 0 saturated carbocycles. The third kappa shape index (κ3) is 60.2. The van der Waals surface area contributed by atoms with Gasteiger partial charge in [-0.25, -0.2) is 0 Å². The van der Waals surface area contributed by atoms with Crippen LogP contribution in [0, 0.1) is 0 Å². The van der Waals surface area contributed by atoms with E-state index in [4.69, 9.17) is 18.5 Å². The summed E-state index contributed by atoms with van der Waals surface area (Å²) in [5.74, 6) is -0.879. The molecule has 0 heterocycles. The molecule has 0 spiro atoms. The number of nitrogens with zero attached hydrogens (tertiary/aromatic N) is 1. The predicted molar refractivity (Wildman–Crippen MR) is 323 cm³/mol. The Balaban J connectivity index is 3.98. The first-order valence-corrected chi connectivity index (χ1v) is 32.4. The number of likely N-dealkylation sites (N-methyl/N-ethyl adjacent to an activating group) is 1. The molecule has 76 heavy (non-hydrogen) atoms. The van der Waals surface area contributed by atoms with E-state index in [1.807, 2.05) is 21.1 Å². The summed E-state index contributed by atoms with van der Waals surface area (Å²) in [5, 5.41) is 0. The first-order chi connectivity index (χ1) is 37.0. The number of phosphoric acid groups is 1. The van der Waals surface area contributed by atoms with Crippen molar-refractivity contribution in [2.45, 2.75) is 264 Å². The molecule has 0 radical (unpaired) electrons. The molecule has 0 bridgehead atoms. The van der Waals surface area contributed by atoms with Crippen LogP contribution >= 0.6 is 7.82 Å². The maximum absolute atomic E-state index is 12.8. The van der Waals surface area contributed by atoms with E-state index in [2.05, 4.69) is 111 Å². The van der Waals surface area contributed by atoms with Crippen LogP contribution < -0.4 is 4.89 Å². The van der Waals surface area contributed by atoms with Crippen molar-refractivity contribution in [3.63, 3.8) is 0 Å². The van der Waals surface area contributed by atoms with Gasteiger partial charge in [0, 0.05) is 12.8 Å². The molecule has 0 rings (SSSR count). The van der Waals surface area contributed by atoms with Crippen molar-refractivity contribution in [3.05, 3.63) is 97.2 Å². The Morgan fingerprint density at radius 3 is 1.08 bits per heavy atom. The highest BCUT2D eigenvalue weighted by Gasteiger charge is 2.22. The Morgan fingerprint density at radius 2 is 0.711 bits per heavy atom. The molecule has 2 unspecified atom stereocenters. The van der Waals surface area contributed by atoms with Gasteiger partial charge in [0.1, 0.15) is 19.8 Å². The average Bonchev–Trinajstić information content (AvgIpc) is 3.38. The number of allylic oxidation sites excluding steroid dienone is 16. The van der Waals surface area contributed by atoms with Gasteiger partial charge in [-0.1, -0.05) is 252 Å². The number of quaternary nitrogens is 1. The topological polar surface area (TPSA) is 111 Å². The molecule has 0 aliphatic rings. The molecule has 0 amide bonds. The summed E-state index contributed by atoms with van der Waals surface area (Å²) >= 11 is 0. The van der Waals surface area contributed by atoms with E-state index in [0.717, 1.165) is 83.5 Å². The fourth-order valence-electron chi connectivity index (χ4n) is 8.40. The van der Waals surface area contributed by atoms with E-state index in [9.17, 15) is 19.0 Å². The van der Waals surface area contributed by atoms with Gasteiger partial charge < -0.3 is 27.9 Å². The quantitative estimate of drug-likeness (QED) is 0.0195. The molecule has 0 aliphatic carbocycles. The first-order valence-electron chi connectivity index (χ1n) is 30.9. The van der Waals surface area contributed by atoms with Crippen LogP contribution in [0.2, 0.25) is 0 Å². The molecule has 0 saturated heterocycles. The lowest BCUT2D eigenvalue weighted by Crippen LogP contribution is -2.37. The summed E-state index contributed by atoms with van der Waals surface area (Å²) in [6, 6.07) is 0. The molecule has 9 nitrogen and oxygen atoms in total. The van der Waals surface area contributed by atoms with E-state index in [-0.39, 0.29) is 26.1 Å². The molecule has 2 atom stereocenters. The predicted octanol–water partition coefficient (Wildman–Crippen LogP) is 19.0. The van der Waals surface area contributed by atoms with Gasteiger partial charge in [-0.3, -0.25) is 14.2 Å². The Kier molecular flexibility index (Phi) is 54.4. The Bertz CT molecular complexity index is 1600. The van der Waals surface area contributed by atoms with Crippen LogP contribution in [0.25, 0.3) is 0 Å². The van der Waals surface area contributed by atoms with Crippen LogP contribution in [0.3, 0.4) is 0 Å². The van der Waals surface area contributed by atoms with Gasteiger partial charge in [-0.05, 0) is 89.9 Å². The highest BCUT2D eigenvalue weighted by molar-refractivity contribution is 7.45. The monoisotopic (exact) mass is 1080 g/mol. The summed E-state index contributed by atoms with van der Waals surface area (Å²) in [7, 11) is 1.14. The van der Waals surface area contributed by atoms with Crippen LogP contribution in [0.1, 0.15) is 258 Å². The lowest BCUT2D eigenvalue weighted by atomic mass is 10.0. The fourth-order valence-corrected chi connectivity index (χ4v) is 9.13. The third-order valence-electron chi connectivity index (χ3n) is 13.1. The van der Waals surface area contributed by atoms with Gasteiger partial charge in [0.25, 0.3) is 7.82 Å². The van der Waals surface area contributed by atoms with Crippen molar-refractivity contribution in [2.24, 2.45) is 0 Å². The second-order valence-corrected chi connectivity index (χ2v) is 23.1. The van der Waals surface area contributed by atoms with Crippen molar-refractivity contribution < 1.29 is 42.1 Å². The SMILES string of the molecule is CC/C=C\C/C=C\C/C=C\C/C=C\CCCCCCCCCCCCCCCCCCCCCCCCCCC(=O)OC(COC(=O)CCCC/C=C\C/C=C\C/C=C\C/C=C\CC)COP(=O)([O-])OCC[N+](C)(C)C. The molecule has 0 aromatic carbocycles. The molecule has 0 aliphatic heterocycles. The van der Waals surface area contributed by atoms with Gasteiger partial charge in [-0.2, -0.15) is 0 Å². The number of hydrogen-bond donors (Lipinski definition) is 0. The summed E-state index contributed by atoms with van der Waals surface area (Å²) in [5.41, 5.74) is 0. The van der Waals surface area contributed by atoms with Gasteiger partial charge >= 0.3 is 11.9 Å². The standard InChI is InChI=1S/C66H116NO8P/c1-6-8-10-12-14-16-18-20-22-23-24-25-26-27-28-29-30-31-32-33-34-35-36-37-38-39-40-41-42-43-45-47-49-51-53-55-57-59-66(69)75-64(63-74-76(70,71)73-61-60-67(3,4)5)62-72-65(68)58-56-54-52-50-48-46-44-21-19-17-15-13-11-9-7-2/h8-11,14-17,20-22,24-25,44,48,50,64H,6-7,12-13,18-19,23,26-43,45-47,49,51-63H2,1-5H3/b10-8-,11-9-,16-14-,17-15-,22-20-,25-24-,44-21-,50-48-. The number of unbranched alkanes of at least 4 members (excludes halogenated alkanes) is 26. The van der Waals surface area contributed by atoms with Crippen LogP contribution in [0.4, 0.5) is 0 Å². The van der Waals surface area contributed by atoms with Gasteiger partial charge in [-0.15, -0.1) is 0 Å². The van der Waals surface area contributed by atoms with Crippen molar-refractivity contribution in [1.82, 2.24) is 0 Å². The van der Waals surface area contributed by atoms with E-state index in [1.54, 1.807) is 0 Å². The van der Waals surface area contributed by atoms with Gasteiger partial charge in [0.2, 0.25) is 0 Å². The Morgan fingerprint density at radius 1 is 0.408 bits per heavy atom. The molecule has 438 valence electrons. The van der Waals surface area contributed by atoms with Gasteiger partial charge in [0.15, 0.2) is 6.10 Å². The maximum atomic E-state index is 12.8. The third-order valence-corrected chi connectivity index (χ3v) is 14.1. The lowest BCUT2D eigenvalue weighted by molar-refractivity contribution is -0.870. The Labute approximate surface area is 468 Å². The molecular weight excluding hydrogens is 966 g/mol. The molecule has 0 N–H and O–H groups in total. The van der Waals surface area contributed by atoms with E-state index >= 15 is 0 Å². The number of hydrogen-bond acceptors (Lipinski definition) is 8. The Hall–Kier alpha value is -3.07. The summed E-state index contributed by atoms with van der Waals surface area (Å²) in [6.45, 7) is 3.97. The minimum Gasteiger partial charge on any atom is -0.756 e.